The van der Waals surface area contributed by atoms with Crippen molar-refractivity contribution in [3.63, 3.8) is 0 Å². The van der Waals surface area contributed by atoms with Crippen LogP contribution < -0.4 is 16.0 Å². The van der Waals surface area contributed by atoms with Crippen LogP contribution in [0.15, 0.2) is 126 Å². The van der Waals surface area contributed by atoms with Crippen molar-refractivity contribution in [2.24, 2.45) is 0 Å². The van der Waals surface area contributed by atoms with E-state index in [1.165, 1.54) is 11.8 Å². The van der Waals surface area contributed by atoms with Crippen LogP contribution >= 0.6 is 35.0 Å². The third kappa shape index (κ3) is 8.54. The van der Waals surface area contributed by atoms with Crippen molar-refractivity contribution in [3.8, 4) is 0 Å². The molecule has 1 unspecified atom stereocenters. The van der Waals surface area contributed by atoms with Gasteiger partial charge in [-0.05, 0) is 77.4 Å². The van der Waals surface area contributed by atoms with Crippen molar-refractivity contribution in [1.82, 2.24) is 5.32 Å². The number of halogens is 2. The minimum Gasteiger partial charge on any atom is -0.325 e. The molecule has 5 aromatic rings. The lowest BCUT2D eigenvalue weighted by molar-refractivity contribution is -0.116. The molecule has 0 bridgehead atoms. The summed E-state index contributed by atoms with van der Waals surface area (Å²) in [5.41, 5.74) is 2.33. The standard InChI is InChI=1S/C36H29Cl2N3O3S/c1-2-33(36(44)40-29-20-26(37)19-27(38)21-29)45-30-16-9-15-28(22-30)39-35(43)32(41-34(42)24-11-4-3-5-12-24)18-25-14-8-13-23-10-6-7-17-31(23)25/h3-22,33H,2H2,1H3,(H,39,43)(H,40,44)(H,41,42)/b32-18+. The van der Waals surface area contributed by atoms with Crippen LogP contribution in [0.4, 0.5) is 11.4 Å². The van der Waals surface area contributed by atoms with Gasteiger partial charge in [-0.25, -0.2) is 0 Å². The van der Waals surface area contributed by atoms with Crippen molar-refractivity contribution in [3.05, 3.63) is 142 Å². The normalized spacial score (nSPS) is 11.9. The monoisotopic (exact) mass is 653 g/mol. The van der Waals surface area contributed by atoms with E-state index in [1.54, 1.807) is 66.7 Å². The van der Waals surface area contributed by atoms with E-state index in [-0.39, 0.29) is 11.6 Å². The SMILES string of the molecule is CCC(Sc1cccc(NC(=O)/C(=C\c2cccc3ccccc23)NC(=O)c2ccccc2)c1)C(=O)Nc1cc(Cl)cc(Cl)c1. The lowest BCUT2D eigenvalue weighted by Crippen LogP contribution is -2.30. The number of hydrogen-bond donors (Lipinski definition) is 3. The van der Waals surface area contributed by atoms with Gasteiger partial charge < -0.3 is 16.0 Å². The Hall–Kier alpha value is -4.56. The van der Waals surface area contributed by atoms with Gasteiger partial charge in [0.2, 0.25) is 5.91 Å². The third-order valence-electron chi connectivity index (χ3n) is 6.82. The van der Waals surface area contributed by atoms with Gasteiger partial charge >= 0.3 is 0 Å². The fraction of sp³-hybridized carbons (Fsp3) is 0.0833. The molecule has 0 radical (unpaired) electrons. The van der Waals surface area contributed by atoms with E-state index in [4.69, 9.17) is 23.2 Å². The van der Waals surface area contributed by atoms with Crippen LogP contribution in [0.2, 0.25) is 10.0 Å². The van der Waals surface area contributed by atoms with Crippen molar-refractivity contribution in [1.29, 1.82) is 0 Å². The first-order chi connectivity index (χ1) is 21.8. The minimum atomic E-state index is -0.489. The topological polar surface area (TPSA) is 87.3 Å². The fourth-order valence-corrected chi connectivity index (χ4v) is 6.19. The highest BCUT2D eigenvalue weighted by Crippen LogP contribution is 2.30. The van der Waals surface area contributed by atoms with Crippen LogP contribution in [0.25, 0.3) is 16.8 Å². The largest absolute Gasteiger partial charge is 0.325 e. The summed E-state index contributed by atoms with van der Waals surface area (Å²) in [4.78, 5) is 40.7. The highest BCUT2D eigenvalue weighted by molar-refractivity contribution is 8.00. The lowest BCUT2D eigenvalue weighted by atomic mass is 10.0. The van der Waals surface area contributed by atoms with E-state index in [1.807, 2.05) is 61.5 Å². The van der Waals surface area contributed by atoms with Crippen LogP contribution in [0, 0.1) is 0 Å². The molecule has 45 heavy (non-hydrogen) atoms. The van der Waals surface area contributed by atoms with Crippen LogP contribution in [0.3, 0.4) is 0 Å². The molecule has 0 heterocycles. The number of rotatable bonds is 10. The zero-order valence-corrected chi connectivity index (χ0v) is 26.5. The fourth-order valence-electron chi connectivity index (χ4n) is 4.66. The number of hydrogen-bond acceptors (Lipinski definition) is 4. The summed E-state index contributed by atoms with van der Waals surface area (Å²) in [5, 5.41) is 11.0. The summed E-state index contributed by atoms with van der Waals surface area (Å²) in [6, 6.07) is 34.5. The van der Waals surface area contributed by atoms with Gasteiger partial charge in [0, 0.05) is 31.9 Å². The molecule has 0 saturated heterocycles. The van der Waals surface area contributed by atoms with Gasteiger partial charge in [-0.3, -0.25) is 14.4 Å². The first kappa shape index (κ1) is 31.9. The number of thioether (sulfide) groups is 1. The van der Waals surface area contributed by atoms with Crippen LogP contribution in [-0.2, 0) is 9.59 Å². The minimum absolute atomic E-state index is 0.0873. The van der Waals surface area contributed by atoms with Gasteiger partial charge in [0.15, 0.2) is 0 Å². The Morgan fingerprint density at radius 2 is 1.44 bits per heavy atom. The second-order valence-corrected chi connectivity index (χ2v) is 12.2. The average molecular weight is 655 g/mol. The quantitative estimate of drug-likeness (QED) is 0.104. The van der Waals surface area contributed by atoms with Gasteiger partial charge in [0.1, 0.15) is 5.70 Å². The number of benzene rings is 5. The van der Waals surface area contributed by atoms with Crippen molar-refractivity contribution in [2.45, 2.75) is 23.5 Å². The average Bonchev–Trinajstić information content (AvgIpc) is 3.03. The maximum Gasteiger partial charge on any atom is 0.272 e. The number of carbonyl (C=O) groups is 3. The number of nitrogens with one attached hydrogen (secondary N) is 3. The van der Waals surface area contributed by atoms with Crippen molar-refractivity contribution in [2.75, 3.05) is 10.6 Å². The van der Waals surface area contributed by atoms with Gasteiger partial charge in [-0.15, -0.1) is 11.8 Å². The molecule has 0 aliphatic carbocycles. The summed E-state index contributed by atoms with van der Waals surface area (Å²) < 4.78 is 0. The number of anilines is 2. The molecule has 0 aromatic heterocycles. The molecule has 0 saturated carbocycles. The molecular weight excluding hydrogens is 625 g/mol. The molecule has 5 rings (SSSR count). The molecule has 0 spiro atoms. The Balaban J connectivity index is 1.36. The Morgan fingerprint density at radius 3 is 2.20 bits per heavy atom. The zero-order valence-electron chi connectivity index (χ0n) is 24.2. The summed E-state index contributed by atoms with van der Waals surface area (Å²) in [5.74, 6) is -1.09. The molecule has 0 aliphatic heterocycles. The van der Waals surface area contributed by atoms with Gasteiger partial charge in [0.05, 0.1) is 5.25 Å². The van der Waals surface area contributed by atoms with Gasteiger partial charge in [-0.1, -0.05) is 96.9 Å². The van der Waals surface area contributed by atoms with E-state index in [2.05, 4.69) is 16.0 Å². The lowest BCUT2D eigenvalue weighted by Gasteiger charge is -2.16. The summed E-state index contributed by atoms with van der Waals surface area (Å²) in [6.45, 7) is 1.92. The van der Waals surface area contributed by atoms with E-state index < -0.39 is 17.1 Å². The van der Waals surface area contributed by atoms with Crippen molar-refractivity contribution < 1.29 is 14.4 Å². The Bertz CT molecular complexity index is 1870. The summed E-state index contributed by atoms with van der Waals surface area (Å²) in [7, 11) is 0. The summed E-state index contributed by atoms with van der Waals surface area (Å²) >= 11 is 13.5. The number of carbonyl (C=O) groups excluding carboxylic acids is 3. The molecular formula is C36H29Cl2N3O3S. The first-order valence-electron chi connectivity index (χ1n) is 14.2. The zero-order chi connectivity index (χ0) is 31.8. The van der Waals surface area contributed by atoms with Crippen molar-refractivity contribution >= 4 is 80.9 Å². The molecule has 9 heteroatoms. The van der Waals surface area contributed by atoms with Gasteiger partial charge in [0.25, 0.3) is 11.8 Å². The second-order valence-electron chi connectivity index (χ2n) is 10.1. The summed E-state index contributed by atoms with van der Waals surface area (Å²) in [6.07, 6.45) is 2.24. The predicted octanol–water partition coefficient (Wildman–Crippen LogP) is 9.07. The molecule has 1 atom stereocenters. The van der Waals surface area contributed by atoms with Crippen LogP contribution in [0.5, 0.6) is 0 Å². The van der Waals surface area contributed by atoms with E-state index >= 15 is 0 Å². The van der Waals surface area contributed by atoms with E-state index in [0.29, 0.717) is 33.4 Å². The highest BCUT2D eigenvalue weighted by Gasteiger charge is 2.20. The molecule has 226 valence electrons. The highest BCUT2D eigenvalue weighted by atomic mass is 35.5. The van der Waals surface area contributed by atoms with E-state index in [9.17, 15) is 14.4 Å². The molecule has 6 nitrogen and oxygen atoms in total. The Morgan fingerprint density at radius 1 is 0.756 bits per heavy atom. The van der Waals surface area contributed by atoms with E-state index in [0.717, 1.165) is 21.2 Å². The molecule has 5 aromatic carbocycles. The maximum atomic E-state index is 13.7. The molecule has 0 aliphatic rings. The molecule has 0 fully saturated rings. The van der Waals surface area contributed by atoms with Crippen LogP contribution in [-0.4, -0.2) is 23.0 Å². The smallest absolute Gasteiger partial charge is 0.272 e. The number of fused-ring (bicyclic) bond motifs is 1. The first-order valence-corrected chi connectivity index (χ1v) is 15.8. The predicted molar refractivity (Wildman–Crippen MR) is 186 cm³/mol. The third-order valence-corrected chi connectivity index (χ3v) is 8.61. The molecule has 3 amide bonds. The maximum absolute atomic E-state index is 13.7. The van der Waals surface area contributed by atoms with Crippen LogP contribution in [0.1, 0.15) is 29.3 Å². The Labute approximate surface area is 275 Å². The second kappa shape index (κ2) is 14.9. The molecule has 3 N–H and O–H groups in total. The Kier molecular flexibility index (Phi) is 10.6. The number of amides is 3. The van der Waals surface area contributed by atoms with Gasteiger partial charge in [-0.2, -0.15) is 0 Å².